The molecule has 19 heavy (non-hydrogen) atoms. The van der Waals surface area contributed by atoms with E-state index >= 15 is 0 Å². The van der Waals surface area contributed by atoms with E-state index in [4.69, 9.17) is 9.47 Å². The summed E-state index contributed by atoms with van der Waals surface area (Å²) in [7, 11) is 0. The SMILES string of the molecule is Cc1cnn([C@H]2[C@@H]3OC[C@@H](O3)[C@@H](NC(C)C)[C@@H]2O)c1. The van der Waals surface area contributed by atoms with E-state index in [1.54, 1.807) is 10.9 Å². The first kappa shape index (κ1) is 13.1. The van der Waals surface area contributed by atoms with Crippen molar-refractivity contribution in [2.45, 2.75) is 57.4 Å². The zero-order valence-electron chi connectivity index (χ0n) is 11.5. The highest BCUT2D eigenvalue weighted by molar-refractivity contribution is 5.05. The minimum Gasteiger partial charge on any atom is -0.389 e. The quantitative estimate of drug-likeness (QED) is 0.819. The van der Waals surface area contributed by atoms with E-state index in [1.165, 1.54) is 0 Å². The Hall–Kier alpha value is -0.950. The molecule has 6 nitrogen and oxygen atoms in total. The Bertz CT molecular complexity index is 448. The van der Waals surface area contributed by atoms with Gasteiger partial charge in [-0.15, -0.1) is 0 Å². The number of fused-ring (bicyclic) bond motifs is 2. The molecule has 0 radical (unpaired) electrons. The third-order valence-electron chi connectivity index (χ3n) is 3.69. The summed E-state index contributed by atoms with van der Waals surface area (Å²) < 4.78 is 13.3. The molecule has 3 heterocycles. The van der Waals surface area contributed by atoms with Crippen molar-refractivity contribution in [1.82, 2.24) is 15.1 Å². The van der Waals surface area contributed by atoms with Crippen LogP contribution in [0.4, 0.5) is 0 Å². The van der Waals surface area contributed by atoms with Crippen molar-refractivity contribution in [2.24, 2.45) is 0 Å². The lowest BCUT2D eigenvalue weighted by atomic mass is 9.95. The van der Waals surface area contributed by atoms with E-state index < -0.39 is 12.4 Å². The van der Waals surface area contributed by atoms with Crippen LogP contribution in [0.3, 0.4) is 0 Å². The Labute approximate surface area is 112 Å². The molecule has 2 fully saturated rings. The monoisotopic (exact) mass is 267 g/mol. The van der Waals surface area contributed by atoms with Crippen LogP contribution in [0.5, 0.6) is 0 Å². The smallest absolute Gasteiger partial charge is 0.183 e. The van der Waals surface area contributed by atoms with Crippen molar-refractivity contribution in [2.75, 3.05) is 6.61 Å². The molecule has 2 saturated heterocycles. The van der Waals surface area contributed by atoms with Gasteiger partial charge < -0.3 is 19.9 Å². The molecule has 1 aromatic rings. The van der Waals surface area contributed by atoms with Gasteiger partial charge in [0.2, 0.25) is 0 Å². The molecule has 6 heteroatoms. The molecule has 2 bridgehead atoms. The van der Waals surface area contributed by atoms with E-state index in [2.05, 4.69) is 24.3 Å². The maximum atomic E-state index is 10.6. The fourth-order valence-corrected chi connectivity index (χ4v) is 2.87. The van der Waals surface area contributed by atoms with Crippen molar-refractivity contribution in [3.05, 3.63) is 18.0 Å². The van der Waals surface area contributed by atoms with Gasteiger partial charge in [0, 0.05) is 12.2 Å². The minimum atomic E-state index is -0.576. The second kappa shape index (κ2) is 4.86. The third-order valence-corrected chi connectivity index (χ3v) is 3.69. The Balaban J connectivity index is 1.87. The molecule has 5 atom stereocenters. The number of nitrogens with one attached hydrogen (secondary N) is 1. The van der Waals surface area contributed by atoms with Gasteiger partial charge >= 0.3 is 0 Å². The second-order valence-electron chi connectivity index (χ2n) is 5.70. The Morgan fingerprint density at radius 2 is 2.32 bits per heavy atom. The Morgan fingerprint density at radius 1 is 1.53 bits per heavy atom. The summed E-state index contributed by atoms with van der Waals surface area (Å²) in [6, 6.07) is -0.155. The maximum Gasteiger partial charge on any atom is 0.183 e. The van der Waals surface area contributed by atoms with Gasteiger partial charge in [0.15, 0.2) is 6.29 Å². The van der Waals surface area contributed by atoms with Crippen LogP contribution in [-0.2, 0) is 9.47 Å². The van der Waals surface area contributed by atoms with Gasteiger partial charge in [0.05, 0.1) is 24.9 Å². The third kappa shape index (κ3) is 2.29. The number of hydrogen-bond donors (Lipinski definition) is 2. The number of ether oxygens (including phenoxy) is 2. The predicted octanol–water partition coefficient (Wildman–Crippen LogP) is 0.215. The molecular weight excluding hydrogens is 246 g/mol. The minimum absolute atomic E-state index is 0.0877. The molecule has 106 valence electrons. The van der Waals surface area contributed by atoms with Gasteiger partial charge in [-0.2, -0.15) is 5.10 Å². The van der Waals surface area contributed by atoms with Crippen LogP contribution in [0.1, 0.15) is 25.5 Å². The normalized spacial score (nSPS) is 38.1. The summed E-state index contributed by atoms with van der Waals surface area (Å²) in [5.74, 6) is 0. The summed E-state index contributed by atoms with van der Waals surface area (Å²) in [4.78, 5) is 0. The van der Waals surface area contributed by atoms with E-state index in [0.717, 1.165) is 5.56 Å². The highest BCUT2D eigenvalue weighted by Gasteiger charge is 2.51. The van der Waals surface area contributed by atoms with Crippen LogP contribution in [-0.4, -0.2) is 52.1 Å². The second-order valence-corrected chi connectivity index (χ2v) is 5.70. The molecule has 0 unspecified atom stereocenters. The number of nitrogens with zero attached hydrogens (tertiary/aromatic N) is 2. The highest BCUT2D eigenvalue weighted by atomic mass is 16.7. The largest absolute Gasteiger partial charge is 0.389 e. The lowest BCUT2D eigenvalue weighted by molar-refractivity contribution is -0.168. The number of aliphatic hydroxyl groups is 1. The van der Waals surface area contributed by atoms with Crippen LogP contribution < -0.4 is 5.32 Å². The molecule has 3 rings (SSSR count). The number of aliphatic hydroxyl groups excluding tert-OH is 1. The van der Waals surface area contributed by atoms with Crippen molar-refractivity contribution < 1.29 is 14.6 Å². The predicted molar refractivity (Wildman–Crippen MR) is 68.7 cm³/mol. The molecule has 0 amide bonds. The first-order valence-corrected chi connectivity index (χ1v) is 6.78. The van der Waals surface area contributed by atoms with E-state index in [1.807, 2.05) is 13.1 Å². The van der Waals surface area contributed by atoms with Crippen LogP contribution in [0.2, 0.25) is 0 Å². The van der Waals surface area contributed by atoms with Crippen LogP contribution in [0.25, 0.3) is 0 Å². The van der Waals surface area contributed by atoms with Crippen molar-refractivity contribution in [1.29, 1.82) is 0 Å². The first-order valence-electron chi connectivity index (χ1n) is 6.78. The molecule has 2 aliphatic rings. The topological polar surface area (TPSA) is 68.5 Å². The summed E-state index contributed by atoms with van der Waals surface area (Å²) in [5, 5.41) is 18.3. The van der Waals surface area contributed by atoms with Gasteiger partial charge in [0.1, 0.15) is 12.1 Å². The average Bonchev–Trinajstić information content (AvgIpc) is 2.93. The van der Waals surface area contributed by atoms with Gasteiger partial charge in [-0.1, -0.05) is 13.8 Å². The summed E-state index contributed by atoms with van der Waals surface area (Å²) >= 11 is 0. The number of aromatic nitrogens is 2. The lowest BCUT2D eigenvalue weighted by Gasteiger charge is -2.39. The van der Waals surface area contributed by atoms with Crippen LogP contribution in [0, 0.1) is 6.92 Å². The number of rotatable bonds is 3. The van der Waals surface area contributed by atoms with E-state index in [-0.39, 0.29) is 24.2 Å². The summed E-state index contributed by atoms with van der Waals surface area (Å²) in [5.41, 5.74) is 1.06. The standard InChI is InChI=1S/C13H21N3O3/c1-7(2)15-10-9-6-18-13(19-9)11(12(10)17)16-5-8(3)4-14-16/h4-5,7,9-13,15,17H,6H2,1-3H3/t9-,10-,11-,12+,13-/m1/s1. The molecular formula is C13H21N3O3. The summed E-state index contributed by atoms with van der Waals surface area (Å²) in [6.07, 6.45) is 2.61. The fourth-order valence-electron chi connectivity index (χ4n) is 2.87. The Kier molecular flexibility index (Phi) is 3.34. The molecule has 0 spiro atoms. The van der Waals surface area contributed by atoms with Crippen LogP contribution >= 0.6 is 0 Å². The fraction of sp³-hybridized carbons (Fsp3) is 0.769. The maximum absolute atomic E-state index is 10.6. The molecule has 2 aliphatic heterocycles. The molecule has 1 aromatic heterocycles. The number of aryl methyl sites for hydroxylation is 1. The molecule has 0 aromatic carbocycles. The van der Waals surface area contributed by atoms with Gasteiger partial charge in [-0.25, -0.2) is 0 Å². The lowest BCUT2D eigenvalue weighted by Crippen LogP contribution is -2.59. The van der Waals surface area contributed by atoms with Gasteiger partial charge in [0.25, 0.3) is 0 Å². The molecule has 2 N–H and O–H groups in total. The highest BCUT2D eigenvalue weighted by Crippen LogP contribution is 2.35. The Morgan fingerprint density at radius 3 is 2.95 bits per heavy atom. The van der Waals surface area contributed by atoms with E-state index in [0.29, 0.717) is 6.61 Å². The van der Waals surface area contributed by atoms with Crippen LogP contribution in [0.15, 0.2) is 12.4 Å². The van der Waals surface area contributed by atoms with Crippen molar-refractivity contribution >= 4 is 0 Å². The zero-order valence-corrected chi connectivity index (χ0v) is 11.5. The van der Waals surface area contributed by atoms with E-state index in [9.17, 15) is 5.11 Å². The zero-order chi connectivity index (χ0) is 13.6. The molecule has 0 saturated carbocycles. The molecule has 0 aliphatic carbocycles. The van der Waals surface area contributed by atoms with Crippen molar-refractivity contribution in [3.8, 4) is 0 Å². The first-order chi connectivity index (χ1) is 9.06. The van der Waals surface area contributed by atoms with Crippen molar-refractivity contribution in [3.63, 3.8) is 0 Å². The average molecular weight is 267 g/mol. The van der Waals surface area contributed by atoms with Gasteiger partial charge in [-0.3, -0.25) is 4.68 Å². The van der Waals surface area contributed by atoms with Gasteiger partial charge in [-0.05, 0) is 12.5 Å². The number of hydrogen-bond acceptors (Lipinski definition) is 5. The summed E-state index contributed by atoms with van der Waals surface area (Å²) in [6.45, 7) is 6.61.